The molecular formula is C12H22N2O6. The summed E-state index contributed by atoms with van der Waals surface area (Å²) < 4.78 is 0. The van der Waals surface area contributed by atoms with Crippen molar-refractivity contribution in [1.82, 2.24) is 9.97 Å². The summed E-state index contributed by atoms with van der Waals surface area (Å²) in [5, 5.41) is 27.9. The highest BCUT2D eigenvalue weighted by atomic mass is 16.6. The summed E-state index contributed by atoms with van der Waals surface area (Å²) in [4.78, 5) is 25.0. The number of nitrogens with one attached hydrogen (secondary N) is 1. The smallest absolute Gasteiger partial charge is 0.450 e. The Bertz CT molecular complexity index is 361. The van der Waals surface area contributed by atoms with E-state index in [4.69, 9.17) is 30.0 Å². The molecule has 0 aliphatic rings. The van der Waals surface area contributed by atoms with Crippen LogP contribution < -0.4 is 0 Å². The van der Waals surface area contributed by atoms with Gasteiger partial charge in [-0.25, -0.2) is 14.6 Å². The standard InChI is InChI=1S/C10H18N2.2CH2O3/c1-4-7-10-11-8(5-2)9(6-3)12-10;2*2-1(3)4/h4-7H2,1-3H3,(H,11,12);2*(H2,2,3,4). The Morgan fingerprint density at radius 2 is 1.45 bits per heavy atom. The van der Waals surface area contributed by atoms with E-state index >= 15 is 0 Å². The molecule has 8 nitrogen and oxygen atoms in total. The van der Waals surface area contributed by atoms with Gasteiger partial charge in [0.25, 0.3) is 0 Å². The van der Waals surface area contributed by atoms with E-state index < -0.39 is 12.3 Å². The van der Waals surface area contributed by atoms with Crippen molar-refractivity contribution in [2.24, 2.45) is 0 Å². The molecular weight excluding hydrogens is 268 g/mol. The fourth-order valence-electron chi connectivity index (χ4n) is 1.44. The summed E-state index contributed by atoms with van der Waals surface area (Å²) in [6.07, 6.45) is 0.691. The monoisotopic (exact) mass is 290 g/mol. The summed E-state index contributed by atoms with van der Waals surface area (Å²) in [5.74, 6) is 1.16. The maximum absolute atomic E-state index is 8.56. The Morgan fingerprint density at radius 1 is 1.00 bits per heavy atom. The van der Waals surface area contributed by atoms with Crippen LogP contribution in [0.15, 0.2) is 0 Å². The van der Waals surface area contributed by atoms with Gasteiger partial charge in [-0.15, -0.1) is 0 Å². The highest BCUT2D eigenvalue weighted by molar-refractivity contribution is 5.53. The predicted octanol–water partition coefficient (Wildman–Crippen LogP) is 2.93. The lowest BCUT2D eigenvalue weighted by Gasteiger charge is -1.92. The van der Waals surface area contributed by atoms with Crippen LogP contribution in [0, 0.1) is 0 Å². The van der Waals surface area contributed by atoms with Crippen molar-refractivity contribution in [3.8, 4) is 0 Å². The van der Waals surface area contributed by atoms with E-state index in [0.717, 1.165) is 25.1 Å². The quantitative estimate of drug-likeness (QED) is 0.573. The van der Waals surface area contributed by atoms with Gasteiger partial charge in [-0.05, 0) is 19.3 Å². The number of imidazole rings is 1. The molecule has 8 heteroatoms. The Kier molecular flexibility index (Phi) is 11.9. The van der Waals surface area contributed by atoms with Crippen LogP contribution in [0.4, 0.5) is 9.59 Å². The van der Waals surface area contributed by atoms with Crippen LogP contribution in [0.2, 0.25) is 0 Å². The molecule has 116 valence electrons. The van der Waals surface area contributed by atoms with Crippen molar-refractivity contribution in [3.05, 3.63) is 17.2 Å². The fraction of sp³-hybridized carbons (Fsp3) is 0.583. The molecule has 0 fully saturated rings. The molecule has 1 heterocycles. The number of aromatic amines is 1. The van der Waals surface area contributed by atoms with Gasteiger partial charge in [-0.3, -0.25) is 0 Å². The summed E-state index contributed by atoms with van der Waals surface area (Å²) in [6, 6.07) is 0. The number of carboxylic acid groups (broad SMARTS) is 4. The van der Waals surface area contributed by atoms with E-state index in [-0.39, 0.29) is 0 Å². The average molecular weight is 290 g/mol. The Balaban J connectivity index is 0. The van der Waals surface area contributed by atoms with Crippen LogP contribution in [-0.4, -0.2) is 42.7 Å². The number of aryl methyl sites for hydroxylation is 3. The third-order valence-electron chi connectivity index (χ3n) is 2.09. The first-order valence-electron chi connectivity index (χ1n) is 6.18. The van der Waals surface area contributed by atoms with E-state index in [9.17, 15) is 0 Å². The van der Waals surface area contributed by atoms with Gasteiger partial charge in [0.1, 0.15) is 5.82 Å². The Labute approximate surface area is 117 Å². The number of hydrogen-bond donors (Lipinski definition) is 5. The number of hydrogen-bond acceptors (Lipinski definition) is 3. The zero-order valence-electron chi connectivity index (χ0n) is 11.9. The maximum atomic E-state index is 8.56. The normalized spacial score (nSPS) is 8.75. The van der Waals surface area contributed by atoms with E-state index in [1.165, 1.54) is 17.8 Å². The van der Waals surface area contributed by atoms with E-state index in [0.29, 0.717) is 0 Å². The van der Waals surface area contributed by atoms with Gasteiger partial charge in [0.05, 0.1) is 5.69 Å². The SMILES string of the molecule is CCCc1nc(CC)c(CC)[nH]1.O=C(O)O.O=C(O)O. The zero-order valence-corrected chi connectivity index (χ0v) is 11.9. The molecule has 1 aromatic rings. The molecule has 5 N–H and O–H groups in total. The van der Waals surface area contributed by atoms with Crippen molar-refractivity contribution < 1.29 is 30.0 Å². The Morgan fingerprint density at radius 3 is 1.70 bits per heavy atom. The molecule has 0 unspecified atom stereocenters. The molecule has 0 amide bonds. The highest BCUT2D eigenvalue weighted by Crippen LogP contribution is 2.08. The summed E-state index contributed by atoms with van der Waals surface area (Å²) >= 11 is 0. The van der Waals surface area contributed by atoms with Gasteiger partial charge in [-0.2, -0.15) is 0 Å². The number of carbonyl (C=O) groups is 2. The molecule has 0 aliphatic carbocycles. The van der Waals surface area contributed by atoms with Gasteiger partial charge >= 0.3 is 12.3 Å². The molecule has 1 rings (SSSR count). The molecule has 0 saturated carbocycles. The molecule has 0 atom stereocenters. The molecule has 0 bridgehead atoms. The lowest BCUT2D eigenvalue weighted by Crippen LogP contribution is -1.87. The maximum Gasteiger partial charge on any atom is 0.503 e. The number of H-pyrrole nitrogens is 1. The van der Waals surface area contributed by atoms with Crippen molar-refractivity contribution in [2.45, 2.75) is 46.5 Å². The number of rotatable bonds is 4. The van der Waals surface area contributed by atoms with Crippen LogP contribution >= 0.6 is 0 Å². The van der Waals surface area contributed by atoms with E-state index in [1.807, 2.05) is 0 Å². The van der Waals surface area contributed by atoms with E-state index in [2.05, 4.69) is 30.7 Å². The van der Waals surface area contributed by atoms with Crippen LogP contribution in [0.25, 0.3) is 0 Å². The first-order chi connectivity index (χ1) is 9.28. The topological polar surface area (TPSA) is 144 Å². The van der Waals surface area contributed by atoms with Crippen molar-refractivity contribution >= 4 is 12.3 Å². The van der Waals surface area contributed by atoms with E-state index in [1.54, 1.807) is 0 Å². The molecule has 1 aromatic heterocycles. The Hall–Kier alpha value is -2.25. The van der Waals surface area contributed by atoms with Crippen molar-refractivity contribution in [1.29, 1.82) is 0 Å². The average Bonchev–Trinajstić information content (AvgIpc) is 2.70. The summed E-state index contributed by atoms with van der Waals surface area (Å²) in [5.41, 5.74) is 2.57. The van der Waals surface area contributed by atoms with Gasteiger partial charge < -0.3 is 25.4 Å². The summed E-state index contributed by atoms with van der Waals surface area (Å²) in [7, 11) is 0. The molecule has 0 saturated heterocycles. The molecule has 20 heavy (non-hydrogen) atoms. The van der Waals surface area contributed by atoms with Crippen LogP contribution in [0.5, 0.6) is 0 Å². The van der Waals surface area contributed by atoms with Gasteiger partial charge in [0.15, 0.2) is 0 Å². The minimum absolute atomic E-state index is 1.05. The van der Waals surface area contributed by atoms with Gasteiger partial charge in [0, 0.05) is 12.1 Å². The predicted molar refractivity (Wildman–Crippen MR) is 72.6 cm³/mol. The second kappa shape index (κ2) is 11.8. The zero-order chi connectivity index (χ0) is 16.1. The third kappa shape index (κ3) is 12.2. The lowest BCUT2D eigenvalue weighted by molar-refractivity contribution is 0.135. The number of aromatic nitrogens is 2. The first-order valence-corrected chi connectivity index (χ1v) is 6.18. The minimum Gasteiger partial charge on any atom is -0.450 e. The van der Waals surface area contributed by atoms with Crippen molar-refractivity contribution in [2.75, 3.05) is 0 Å². The van der Waals surface area contributed by atoms with Gasteiger partial charge in [0.2, 0.25) is 0 Å². The summed E-state index contributed by atoms with van der Waals surface area (Å²) in [6.45, 7) is 6.51. The largest absolute Gasteiger partial charge is 0.503 e. The van der Waals surface area contributed by atoms with Crippen LogP contribution in [-0.2, 0) is 19.3 Å². The third-order valence-corrected chi connectivity index (χ3v) is 2.09. The molecule has 0 radical (unpaired) electrons. The first kappa shape index (κ1) is 20.1. The minimum atomic E-state index is -1.83. The second-order valence-corrected chi connectivity index (χ2v) is 3.63. The molecule has 0 aromatic carbocycles. The lowest BCUT2D eigenvalue weighted by atomic mass is 10.2. The fourth-order valence-corrected chi connectivity index (χ4v) is 1.44. The number of nitrogens with zero attached hydrogens (tertiary/aromatic N) is 1. The highest BCUT2D eigenvalue weighted by Gasteiger charge is 2.05. The van der Waals surface area contributed by atoms with Crippen LogP contribution in [0.1, 0.15) is 44.4 Å². The molecule has 0 spiro atoms. The van der Waals surface area contributed by atoms with Gasteiger partial charge in [-0.1, -0.05) is 20.8 Å². The second-order valence-electron chi connectivity index (χ2n) is 3.63. The van der Waals surface area contributed by atoms with Crippen LogP contribution in [0.3, 0.4) is 0 Å². The molecule has 0 aliphatic heterocycles. The van der Waals surface area contributed by atoms with Crippen molar-refractivity contribution in [3.63, 3.8) is 0 Å².